The van der Waals surface area contributed by atoms with E-state index in [-0.39, 0.29) is 0 Å². The number of hydrogen-bond acceptors (Lipinski definition) is 3. The highest BCUT2D eigenvalue weighted by Gasteiger charge is 2.07. The van der Waals surface area contributed by atoms with Crippen LogP contribution < -0.4 is 0 Å². The van der Waals surface area contributed by atoms with E-state index in [2.05, 4.69) is 31.1 Å². The van der Waals surface area contributed by atoms with Gasteiger partial charge in [0.2, 0.25) is 0 Å². The fraction of sp³-hybridized carbons (Fsp3) is 0.300. The largest absolute Gasteiger partial charge is 0.364 e. The molecule has 2 aromatic heterocycles. The normalized spacial score (nSPS) is 11.0. The van der Waals surface area contributed by atoms with Crippen LogP contribution in [0.4, 0.5) is 0 Å². The van der Waals surface area contributed by atoms with Crippen molar-refractivity contribution in [2.24, 2.45) is 0 Å². The second kappa shape index (κ2) is 3.34. The number of nitrogens with zero attached hydrogens (tertiary/aromatic N) is 1. The van der Waals surface area contributed by atoms with Crippen LogP contribution in [-0.2, 0) is 0 Å². The summed E-state index contributed by atoms with van der Waals surface area (Å²) in [5.74, 6) is 0.589. The van der Waals surface area contributed by atoms with Gasteiger partial charge in [0.25, 0.3) is 0 Å². The molecular weight excluding hydrogens is 182 g/mol. The number of aromatic nitrogens is 1. The van der Waals surface area contributed by atoms with E-state index < -0.39 is 0 Å². The van der Waals surface area contributed by atoms with Crippen molar-refractivity contribution < 1.29 is 4.52 Å². The Bertz CT molecular complexity index is 375. The van der Waals surface area contributed by atoms with Crippen LogP contribution in [0.3, 0.4) is 0 Å². The molecule has 2 nitrogen and oxygen atoms in total. The summed E-state index contributed by atoms with van der Waals surface area (Å²) in [6.07, 6.45) is 1.60. The first-order chi connectivity index (χ1) is 6.27. The Labute approximate surface area is 81.2 Å². The lowest BCUT2D eigenvalue weighted by molar-refractivity contribution is 0.422. The van der Waals surface area contributed by atoms with Crippen molar-refractivity contribution in [2.75, 3.05) is 0 Å². The molecule has 0 bridgehead atoms. The predicted molar refractivity (Wildman–Crippen MR) is 53.9 cm³/mol. The minimum absolute atomic E-state index is 0.589. The van der Waals surface area contributed by atoms with Gasteiger partial charge in [-0.05, 0) is 18.1 Å². The van der Waals surface area contributed by atoms with Crippen molar-refractivity contribution in [1.29, 1.82) is 0 Å². The topological polar surface area (TPSA) is 26.0 Å². The highest BCUT2D eigenvalue weighted by Crippen LogP contribution is 2.30. The Morgan fingerprint density at radius 1 is 1.31 bits per heavy atom. The molecule has 13 heavy (non-hydrogen) atoms. The van der Waals surface area contributed by atoms with E-state index >= 15 is 0 Å². The van der Waals surface area contributed by atoms with Crippen LogP contribution >= 0.6 is 11.3 Å². The molecule has 2 rings (SSSR count). The van der Waals surface area contributed by atoms with Crippen LogP contribution in [0, 0.1) is 0 Å². The zero-order valence-electron chi connectivity index (χ0n) is 7.65. The van der Waals surface area contributed by atoms with E-state index in [1.807, 2.05) is 6.07 Å². The van der Waals surface area contributed by atoms with Gasteiger partial charge in [-0.25, -0.2) is 0 Å². The molecule has 0 N–H and O–H groups in total. The Kier molecular flexibility index (Phi) is 2.19. The molecule has 0 amide bonds. The van der Waals surface area contributed by atoms with Crippen molar-refractivity contribution in [3.8, 4) is 10.6 Å². The number of hydrogen-bond donors (Lipinski definition) is 0. The Morgan fingerprint density at radius 2 is 2.15 bits per heavy atom. The van der Waals surface area contributed by atoms with Crippen LogP contribution in [0.15, 0.2) is 29.0 Å². The molecule has 68 valence electrons. The van der Waals surface area contributed by atoms with Crippen molar-refractivity contribution >= 4 is 11.3 Å². The maximum absolute atomic E-state index is 4.80. The minimum Gasteiger partial charge on any atom is -0.364 e. The summed E-state index contributed by atoms with van der Waals surface area (Å²) in [7, 11) is 0. The summed E-state index contributed by atoms with van der Waals surface area (Å²) in [5.41, 5.74) is 0.928. The highest BCUT2D eigenvalue weighted by atomic mass is 32.1. The third-order valence-electron chi connectivity index (χ3n) is 1.89. The molecule has 0 atom stereocenters. The molecular formula is C10H11NOS. The van der Waals surface area contributed by atoms with E-state index in [0.717, 1.165) is 5.69 Å². The quantitative estimate of drug-likeness (QED) is 0.729. The lowest BCUT2D eigenvalue weighted by atomic mass is 10.2. The number of thiophene rings is 1. The summed E-state index contributed by atoms with van der Waals surface area (Å²) >= 11 is 1.78. The van der Waals surface area contributed by atoms with Gasteiger partial charge in [0.05, 0.1) is 4.88 Å². The third-order valence-corrected chi connectivity index (χ3v) is 3.29. The molecule has 2 heterocycles. The molecule has 0 saturated carbocycles. The molecule has 0 spiro atoms. The smallest absolute Gasteiger partial charge is 0.124 e. The summed E-state index contributed by atoms with van der Waals surface area (Å²) in [4.78, 5) is 2.57. The SMILES string of the molecule is CC(C)c1ccc(-c2ccon2)s1. The Hall–Kier alpha value is -1.09. The second-order valence-corrected chi connectivity index (χ2v) is 4.36. The number of rotatable bonds is 2. The molecule has 0 aliphatic carbocycles. The fourth-order valence-corrected chi connectivity index (χ4v) is 2.11. The first-order valence-corrected chi connectivity index (χ1v) is 5.09. The van der Waals surface area contributed by atoms with E-state index in [1.54, 1.807) is 17.6 Å². The van der Waals surface area contributed by atoms with Gasteiger partial charge < -0.3 is 4.52 Å². The molecule has 0 aromatic carbocycles. The van der Waals surface area contributed by atoms with Crippen molar-refractivity contribution in [3.63, 3.8) is 0 Å². The highest BCUT2D eigenvalue weighted by molar-refractivity contribution is 7.15. The van der Waals surface area contributed by atoms with Gasteiger partial charge in [-0.1, -0.05) is 19.0 Å². The van der Waals surface area contributed by atoms with Gasteiger partial charge in [-0.2, -0.15) is 0 Å². The summed E-state index contributed by atoms with van der Waals surface area (Å²) in [5, 5.41) is 3.89. The monoisotopic (exact) mass is 193 g/mol. The lowest BCUT2D eigenvalue weighted by Gasteiger charge is -1.96. The van der Waals surface area contributed by atoms with E-state index in [4.69, 9.17) is 4.52 Å². The van der Waals surface area contributed by atoms with Gasteiger partial charge in [-0.3, -0.25) is 0 Å². The average molecular weight is 193 g/mol. The summed E-state index contributed by atoms with van der Waals surface area (Å²) < 4.78 is 4.80. The van der Waals surface area contributed by atoms with Gasteiger partial charge in [0.1, 0.15) is 12.0 Å². The van der Waals surface area contributed by atoms with Crippen LogP contribution in [0.2, 0.25) is 0 Å². The van der Waals surface area contributed by atoms with Gasteiger partial charge in [-0.15, -0.1) is 11.3 Å². The molecule has 0 aliphatic rings. The average Bonchev–Trinajstić information content (AvgIpc) is 2.75. The maximum atomic E-state index is 4.80. The fourth-order valence-electron chi connectivity index (χ4n) is 1.14. The van der Waals surface area contributed by atoms with Gasteiger partial charge >= 0.3 is 0 Å². The van der Waals surface area contributed by atoms with Crippen LogP contribution in [-0.4, -0.2) is 5.16 Å². The van der Waals surface area contributed by atoms with E-state index in [0.29, 0.717) is 5.92 Å². The van der Waals surface area contributed by atoms with Crippen molar-refractivity contribution in [3.05, 3.63) is 29.3 Å². The van der Waals surface area contributed by atoms with Gasteiger partial charge in [0, 0.05) is 10.9 Å². The van der Waals surface area contributed by atoms with E-state index in [9.17, 15) is 0 Å². The summed E-state index contributed by atoms with van der Waals surface area (Å²) in [6, 6.07) is 6.13. The Balaban J connectivity index is 2.33. The van der Waals surface area contributed by atoms with Crippen LogP contribution in [0.1, 0.15) is 24.6 Å². The predicted octanol–water partition coefficient (Wildman–Crippen LogP) is 3.53. The molecule has 2 aromatic rings. The first kappa shape index (κ1) is 8.51. The van der Waals surface area contributed by atoms with E-state index in [1.165, 1.54) is 9.75 Å². The summed E-state index contributed by atoms with van der Waals surface area (Å²) in [6.45, 7) is 4.39. The molecule has 0 fully saturated rings. The van der Waals surface area contributed by atoms with Crippen LogP contribution in [0.25, 0.3) is 10.6 Å². The second-order valence-electron chi connectivity index (χ2n) is 3.24. The van der Waals surface area contributed by atoms with Gasteiger partial charge in [0.15, 0.2) is 0 Å². The van der Waals surface area contributed by atoms with Crippen molar-refractivity contribution in [1.82, 2.24) is 5.16 Å². The van der Waals surface area contributed by atoms with Crippen LogP contribution in [0.5, 0.6) is 0 Å². The zero-order chi connectivity index (χ0) is 9.26. The molecule has 3 heteroatoms. The first-order valence-electron chi connectivity index (χ1n) is 4.28. The maximum Gasteiger partial charge on any atom is 0.124 e. The lowest BCUT2D eigenvalue weighted by Crippen LogP contribution is -1.77. The Morgan fingerprint density at radius 3 is 2.69 bits per heavy atom. The minimum atomic E-state index is 0.589. The molecule has 0 radical (unpaired) electrons. The molecule has 0 unspecified atom stereocenters. The third kappa shape index (κ3) is 1.65. The van der Waals surface area contributed by atoms with Crippen molar-refractivity contribution in [2.45, 2.75) is 19.8 Å². The molecule has 0 aliphatic heterocycles. The standard InChI is InChI=1S/C10H11NOS/c1-7(2)9-3-4-10(13-9)8-5-6-12-11-8/h3-7H,1-2H3. The molecule has 0 saturated heterocycles. The zero-order valence-corrected chi connectivity index (χ0v) is 8.47.